The van der Waals surface area contributed by atoms with Crippen molar-refractivity contribution >= 4 is 11.6 Å². The summed E-state index contributed by atoms with van der Waals surface area (Å²) in [6, 6.07) is 0. The zero-order valence-electron chi connectivity index (χ0n) is 12.1. The van der Waals surface area contributed by atoms with E-state index in [-0.39, 0.29) is 6.10 Å². The van der Waals surface area contributed by atoms with Crippen LogP contribution < -0.4 is 10.2 Å². The number of aryl methyl sites for hydroxylation is 1. The van der Waals surface area contributed by atoms with Crippen LogP contribution in [-0.2, 0) is 0 Å². The van der Waals surface area contributed by atoms with E-state index in [1.54, 1.807) is 0 Å². The molecule has 5 nitrogen and oxygen atoms in total. The molecule has 0 unspecified atom stereocenters. The van der Waals surface area contributed by atoms with Gasteiger partial charge >= 0.3 is 0 Å². The first kappa shape index (κ1) is 14.1. The first-order valence-electron chi connectivity index (χ1n) is 7.14. The Kier molecular flexibility index (Phi) is 4.58. The summed E-state index contributed by atoms with van der Waals surface area (Å²) in [7, 11) is 0. The third kappa shape index (κ3) is 3.35. The second-order valence-electron chi connectivity index (χ2n) is 5.21. The highest BCUT2D eigenvalue weighted by atomic mass is 16.3. The molecule has 0 saturated carbocycles. The Morgan fingerprint density at radius 3 is 2.58 bits per heavy atom. The van der Waals surface area contributed by atoms with Crippen LogP contribution in [0.2, 0.25) is 0 Å². The van der Waals surface area contributed by atoms with E-state index in [0.717, 1.165) is 61.9 Å². The number of hydrogen-bond acceptors (Lipinski definition) is 5. The Balaban J connectivity index is 2.21. The van der Waals surface area contributed by atoms with Gasteiger partial charge in [-0.2, -0.15) is 0 Å². The van der Waals surface area contributed by atoms with Crippen molar-refractivity contribution in [3.8, 4) is 0 Å². The van der Waals surface area contributed by atoms with E-state index in [9.17, 15) is 5.11 Å². The van der Waals surface area contributed by atoms with E-state index in [1.165, 1.54) is 0 Å². The van der Waals surface area contributed by atoms with Crippen LogP contribution >= 0.6 is 0 Å². The van der Waals surface area contributed by atoms with Crippen molar-refractivity contribution in [1.29, 1.82) is 0 Å². The van der Waals surface area contributed by atoms with Crippen LogP contribution in [0.1, 0.15) is 37.6 Å². The predicted molar refractivity (Wildman–Crippen MR) is 77.7 cm³/mol. The lowest BCUT2D eigenvalue weighted by molar-refractivity contribution is 0.145. The number of rotatable bonds is 4. The molecule has 1 aromatic rings. The quantitative estimate of drug-likeness (QED) is 0.869. The molecule has 5 heteroatoms. The molecule has 19 heavy (non-hydrogen) atoms. The SMILES string of the molecule is CCCNc1nc(C)nc(N2CCC(O)CC2)c1C. The third-order valence-corrected chi connectivity index (χ3v) is 3.54. The normalized spacial score (nSPS) is 16.7. The average molecular weight is 264 g/mol. The number of aromatic nitrogens is 2. The van der Waals surface area contributed by atoms with Gasteiger partial charge in [0, 0.05) is 25.2 Å². The maximum absolute atomic E-state index is 9.60. The molecule has 2 rings (SSSR count). The molecule has 0 atom stereocenters. The molecule has 106 valence electrons. The lowest BCUT2D eigenvalue weighted by Gasteiger charge is -2.32. The summed E-state index contributed by atoms with van der Waals surface area (Å²) < 4.78 is 0. The van der Waals surface area contributed by atoms with Crippen LogP contribution in [0.25, 0.3) is 0 Å². The summed E-state index contributed by atoms with van der Waals surface area (Å²) in [5.41, 5.74) is 1.11. The molecule has 0 spiro atoms. The Bertz CT molecular complexity index is 428. The molecule has 2 N–H and O–H groups in total. The summed E-state index contributed by atoms with van der Waals surface area (Å²) >= 11 is 0. The highest BCUT2D eigenvalue weighted by molar-refractivity contribution is 5.58. The van der Waals surface area contributed by atoms with E-state index in [0.29, 0.717) is 0 Å². The minimum Gasteiger partial charge on any atom is -0.393 e. The van der Waals surface area contributed by atoms with Gasteiger partial charge in [0.1, 0.15) is 17.5 Å². The van der Waals surface area contributed by atoms with E-state index < -0.39 is 0 Å². The molecular weight excluding hydrogens is 240 g/mol. The fraction of sp³-hybridized carbons (Fsp3) is 0.714. The summed E-state index contributed by atoms with van der Waals surface area (Å²) in [5, 5.41) is 13.0. The second-order valence-corrected chi connectivity index (χ2v) is 5.21. The molecule has 0 radical (unpaired) electrons. The lowest BCUT2D eigenvalue weighted by atomic mass is 10.1. The minimum absolute atomic E-state index is 0.155. The van der Waals surface area contributed by atoms with Gasteiger partial charge < -0.3 is 15.3 Å². The zero-order chi connectivity index (χ0) is 13.8. The summed E-state index contributed by atoms with van der Waals surface area (Å²) in [6.07, 6.45) is 2.56. The Morgan fingerprint density at radius 2 is 1.95 bits per heavy atom. The van der Waals surface area contributed by atoms with Gasteiger partial charge in [0.25, 0.3) is 0 Å². The molecule has 2 heterocycles. The summed E-state index contributed by atoms with van der Waals surface area (Å²) in [5.74, 6) is 2.75. The average Bonchev–Trinajstić information content (AvgIpc) is 2.40. The fourth-order valence-electron chi connectivity index (χ4n) is 2.41. The maximum Gasteiger partial charge on any atom is 0.137 e. The Labute approximate surface area is 115 Å². The van der Waals surface area contributed by atoms with Gasteiger partial charge in [0.05, 0.1) is 6.10 Å². The number of nitrogens with zero attached hydrogens (tertiary/aromatic N) is 3. The van der Waals surface area contributed by atoms with E-state index in [4.69, 9.17) is 0 Å². The van der Waals surface area contributed by atoms with E-state index in [1.807, 2.05) is 6.92 Å². The maximum atomic E-state index is 9.60. The molecule has 1 aliphatic rings. The number of nitrogens with one attached hydrogen (secondary N) is 1. The lowest BCUT2D eigenvalue weighted by Crippen LogP contribution is -2.37. The van der Waals surface area contributed by atoms with Crippen molar-refractivity contribution in [3.05, 3.63) is 11.4 Å². The largest absolute Gasteiger partial charge is 0.393 e. The van der Waals surface area contributed by atoms with Crippen molar-refractivity contribution in [2.75, 3.05) is 29.9 Å². The number of hydrogen-bond donors (Lipinski definition) is 2. The van der Waals surface area contributed by atoms with Gasteiger partial charge in [-0.05, 0) is 33.1 Å². The number of aliphatic hydroxyl groups excluding tert-OH is 1. The van der Waals surface area contributed by atoms with Crippen molar-refractivity contribution in [2.24, 2.45) is 0 Å². The summed E-state index contributed by atoms with van der Waals surface area (Å²) in [6.45, 7) is 8.80. The second kappa shape index (κ2) is 6.19. The van der Waals surface area contributed by atoms with Crippen LogP contribution in [0.3, 0.4) is 0 Å². The molecule has 0 aliphatic carbocycles. The number of aliphatic hydroxyl groups is 1. The molecule has 1 fully saturated rings. The van der Waals surface area contributed by atoms with Gasteiger partial charge in [-0.1, -0.05) is 6.92 Å². The van der Waals surface area contributed by atoms with Crippen molar-refractivity contribution in [1.82, 2.24) is 9.97 Å². The van der Waals surface area contributed by atoms with Gasteiger partial charge in [0.2, 0.25) is 0 Å². The van der Waals surface area contributed by atoms with Gasteiger partial charge in [-0.25, -0.2) is 9.97 Å². The van der Waals surface area contributed by atoms with Crippen molar-refractivity contribution in [3.63, 3.8) is 0 Å². The van der Waals surface area contributed by atoms with E-state index in [2.05, 4.69) is 34.0 Å². The van der Waals surface area contributed by atoms with Gasteiger partial charge in [-0.15, -0.1) is 0 Å². The van der Waals surface area contributed by atoms with Crippen LogP contribution in [0.15, 0.2) is 0 Å². The monoisotopic (exact) mass is 264 g/mol. The highest BCUT2D eigenvalue weighted by Crippen LogP contribution is 2.26. The van der Waals surface area contributed by atoms with Crippen molar-refractivity contribution < 1.29 is 5.11 Å². The van der Waals surface area contributed by atoms with E-state index >= 15 is 0 Å². The molecule has 1 saturated heterocycles. The fourth-order valence-corrected chi connectivity index (χ4v) is 2.41. The first-order chi connectivity index (χ1) is 9.11. The van der Waals surface area contributed by atoms with Crippen LogP contribution in [-0.4, -0.2) is 40.8 Å². The standard InChI is InChI=1S/C14H24N4O/c1-4-7-15-13-10(2)14(17-11(3)16-13)18-8-5-12(19)6-9-18/h12,19H,4-9H2,1-3H3,(H,15,16,17). The topological polar surface area (TPSA) is 61.3 Å². The number of anilines is 2. The van der Waals surface area contributed by atoms with Gasteiger partial charge in [-0.3, -0.25) is 0 Å². The molecule has 0 bridgehead atoms. The molecule has 1 aromatic heterocycles. The zero-order valence-corrected chi connectivity index (χ0v) is 12.1. The van der Waals surface area contributed by atoms with Gasteiger partial charge in [0.15, 0.2) is 0 Å². The molecule has 0 amide bonds. The van der Waals surface area contributed by atoms with Crippen molar-refractivity contribution in [2.45, 2.75) is 46.1 Å². The minimum atomic E-state index is -0.155. The van der Waals surface area contributed by atoms with Crippen LogP contribution in [0.5, 0.6) is 0 Å². The first-order valence-corrected chi connectivity index (χ1v) is 7.14. The smallest absolute Gasteiger partial charge is 0.137 e. The highest BCUT2D eigenvalue weighted by Gasteiger charge is 2.21. The van der Waals surface area contributed by atoms with Crippen LogP contribution in [0.4, 0.5) is 11.6 Å². The molecule has 0 aromatic carbocycles. The van der Waals surface area contributed by atoms with Crippen LogP contribution in [0, 0.1) is 13.8 Å². The Hall–Kier alpha value is -1.36. The predicted octanol–water partition coefficient (Wildman–Crippen LogP) is 1.88. The number of piperidine rings is 1. The molecule has 1 aliphatic heterocycles. The third-order valence-electron chi connectivity index (χ3n) is 3.54. The molecular formula is C14H24N4O. The Morgan fingerprint density at radius 1 is 1.26 bits per heavy atom. The summed E-state index contributed by atoms with van der Waals surface area (Å²) in [4.78, 5) is 11.3.